The molecule has 0 radical (unpaired) electrons. The van der Waals surface area contributed by atoms with Crippen LogP contribution in [0.2, 0.25) is 5.02 Å². The minimum atomic E-state index is -0.248. The van der Waals surface area contributed by atoms with Crippen LogP contribution in [0.15, 0.2) is 28.6 Å². The summed E-state index contributed by atoms with van der Waals surface area (Å²) in [6, 6.07) is 7.44. The third-order valence-electron chi connectivity index (χ3n) is 3.70. The molecule has 1 aromatic heterocycles. The number of nitrogens with zero attached hydrogens (tertiary/aromatic N) is 2. The van der Waals surface area contributed by atoms with Crippen LogP contribution in [0, 0.1) is 0 Å². The Morgan fingerprint density at radius 2 is 2.32 bits per heavy atom. The van der Waals surface area contributed by atoms with Gasteiger partial charge in [0.15, 0.2) is 4.34 Å². The highest BCUT2D eigenvalue weighted by atomic mass is 35.5. The molecular weight excluding hydrogens is 380 g/mol. The van der Waals surface area contributed by atoms with E-state index in [0.29, 0.717) is 16.7 Å². The van der Waals surface area contributed by atoms with Crippen LogP contribution in [0.3, 0.4) is 0 Å². The first-order valence-electron chi connectivity index (χ1n) is 8.03. The summed E-state index contributed by atoms with van der Waals surface area (Å²) >= 11 is 8.90. The lowest BCUT2D eigenvalue weighted by atomic mass is 10.2. The van der Waals surface area contributed by atoms with Gasteiger partial charge < -0.3 is 15.4 Å². The van der Waals surface area contributed by atoms with Gasteiger partial charge in [-0.15, -0.1) is 10.2 Å². The van der Waals surface area contributed by atoms with Crippen molar-refractivity contribution in [2.75, 3.05) is 18.5 Å². The summed E-state index contributed by atoms with van der Waals surface area (Å²) in [5.74, 6) is -0.0173. The monoisotopic (exact) mass is 398 g/mol. The molecule has 3 rings (SSSR count). The highest BCUT2D eigenvalue weighted by Gasteiger charge is 2.20. The highest BCUT2D eigenvalue weighted by molar-refractivity contribution is 8.02. The fourth-order valence-electron chi connectivity index (χ4n) is 2.35. The molecule has 2 heterocycles. The Morgan fingerprint density at radius 1 is 1.48 bits per heavy atom. The minimum Gasteiger partial charge on any atom is -0.376 e. The lowest BCUT2D eigenvalue weighted by Gasteiger charge is -2.13. The third-order valence-corrected chi connectivity index (χ3v) is 6.05. The predicted octanol–water partition coefficient (Wildman–Crippen LogP) is 3.71. The second-order valence-electron chi connectivity index (χ2n) is 5.62. The van der Waals surface area contributed by atoms with E-state index < -0.39 is 0 Å². The van der Waals surface area contributed by atoms with Crippen molar-refractivity contribution in [1.82, 2.24) is 15.5 Å². The Hall–Kier alpha value is -1.35. The van der Waals surface area contributed by atoms with E-state index in [9.17, 15) is 4.79 Å². The van der Waals surface area contributed by atoms with E-state index in [-0.39, 0.29) is 17.3 Å². The van der Waals surface area contributed by atoms with Crippen molar-refractivity contribution in [3.05, 3.63) is 29.3 Å². The van der Waals surface area contributed by atoms with E-state index in [1.165, 1.54) is 23.1 Å². The lowest BCUT2D eigenvalue weighted by molar-refractivity contribution is -0.120. The molecule has 2 aromatic rings. The summed E-state index contributed by atoms with van der Waals surface area (Å²) < 4.78 is 6.24. The van der Waals surface area contributed by atoms with Crippen LogP contribution in [-0.2, 0) is 9.53 Å². The number of hydrogen-bond acceptors (Lipinski definition) is 7. The summed E-state index contributed by atoms with van der Waals surface area (Å²) in [5, 5.41) is 15.3. The number of anilines is 2. The normalized spacial score (nSPS) is 18.1. The molecule has 0 saturated carbocycles. The van der Waals surface area contributed by atoms with Crippen LogP contribution in [0.25, 0.3) is 0 Å². The number of carbonyl (C=O) groups is 1. The molecule has 25 heavy (non-hydrogen) atoms. The number of aromatic nitrogens is 2. The Morgan fingerprint density at radius 3 is 3.08 bits per heavy atom. The smallest absolute Gasteiger partial charge is 0.233 e. The number of para-hydroxylation sites is 1. The molecule has 0 spiro atoms. The molecule has 6 nitrogen and oxygen atoms in total. The van der Waals surface area contributed by atoms with Crippen LogP contribution in [-0.4, -0.2) is 40.6 Å². The Labute approximate surface area is 159 Å². The van der Waals surface area contributed by atoms with E-state index in [1.54, 1.807) is 6.07 Å². The van der Waals surface area contributed by atoms with Crippen LogP contribution in [0.5, 0.6) is 0 Å². The summed E-state index contributed by atoms with van der Waals surface area (Å²) in [5.41, 5.74) is 0.777. The molecule has 1 saturated heterocycles. The van der Waals surface area contributed by atoms with Gasteiger partial charge in [-0.05, 0) is 31.9 Å². The van der Waals surface area contributed by atoms with Crippen LogP contribution in [0.4, 0.5) is 10.8 Å². The maximum absolute atomic E-state index is 12.2. The maximum Gasteiger partial charge on any atom is 0.233 e. The van der Waals surface area contributed by atoms with Crippen molar-refractivity contribution in [2.45, 2.75) is 35.5 Å². The topological polar surface area (TPSA) is 76.1 Å². The third kappa shape index (κ3) is 5.31. The average molecular weight is 399 g/mol. The largest absolute Gasteiger partial charge is 0.376 e. The summed E-state index contributed by atoms with van der Waals surface area (Å²) in [4.78, 5) is 12.2. The van der Waals surface area contributed by atoms with Crippen LogP contribution in [0.1, 0.15) is 19.8 Å². The zero-order valence-corrected chi connectivity index (χ0v) is 16.1. The molecule has 1 aromatic carbocycles. The number of hydrogen-bond donors (Lipinski definition) is 2. The molecule has 0 bridgehead atoms. The number of carbonyl (C=O) groups excluding carboxylic acids is 1. The molecule has 2 atom stereocenters. The molecule has 9 heteroatoms. The van der Waals surface area contributed by atoms with Crippen molar-refractivity contribution >= 4 is 51.4 Å². The number of nitrogens with one attached hydrogen (secondary N) is 2. The first-order valence-corrected chi connectivity index (χ1v) is 10.1. The van der Waals surface area contributed by atoms with Gasteiger partial charge in [-0.3, -0.25) is 4.79 Å². The van der Waals surface area contributed by atoms with Gasteiger partial charge in [0.05, 0.1) is 22.1 Å². The lowest BCUT2D eigenvalue weighted by Crippen LogP contribution is -2.36. The summed E-state index contributed by atoms with van der Waals surface area (Å²) in [6.07, 6.45) is 2.22. The molecule has 1 aliphatic heterocycles. The molecule has 134 valence electrons. The zero-order chi connectivity index (χ0) is 17.6. The zero-order valence-electron chi connectivity index (χ0n) is 13.7. The van der Waals surface area contributed by atoms with Crippen molar-refractivity contribution in [2.24, 2.45) is 0 Å². The number of amides is 1. The van der Waals surface area contributed by atoms with Gasteiger partial charge in [-0.2, -0.15) is 0 Å². The minimum absolute atomic E-state index is 0.0173. The first kappa shape index (κ1) is 18.4. The van der Waals surface area contributed by atoms with Crippen LogP contribution < -0.4 is 10.6 Å². The van der Waals surface area contributed by atoms with Gasteiger partial charge in [0.2, 0.25) is 11.0 Å². The average Bonchev–Trinajstić information content (AvgIpc) is 3.27. The molecule has 0 unspecified atom stereocenters. The van der Waals surface area contributed by atoms with Gasteiger partial charge in [0.1, 0.15) is 0 Å². The number of rotatable bonds is 7. The second kappa shape index (κ2) is 8.84. The Kier molecular flexibility index (Phi) is 6.52. The van der Waals surface area contributed by atoms with Gasteiger partial charge >= 0.3 is 0 Å². The molecular formula is C16H19ClN4O2S2. The quantitative estimate of drug-likeness (QED) is 0.692. The Balaban J connectivity index is 1.50. The fraction of sp³-hybridized carbons (Fsp3) is 0.438. The summed E-state index contributed by atoms with van der Waals surface area (Å²) in [6.45, 7) is 3.22. The number of halogens is 1. The second-order valence-corrected chi connectivity index (χ2v) is 8.59. The molecule has 1 aliphatic rings. The predicted molar refractivity (Wildman–Crippen MR) is 102 cm³/mol. The van der Waals surface area contributed by atoms with Crippen molar-refractivity contribution in [3.8, 4) is 0 Å². The van der Waals surface area contributed by atoms with Crippen molar-refractivity contribution < 1.29 is 9.53 Å². The van der Waals surface area contributed by atoms with E-state index in [2.05, 4.69) is 20.8 Å². The molecule has 1 fully saturated rings. The first-order chi connectivity index (χ1) is 12.1. The Bertz CT molecular complexity index is 722. The standard InChI is InChI=1S/C16H19ClN4O2S2/c1-10(14(22)18-9-11-5-4-8-23-11)24-16-21-20-15(25-16)19-13-7-3-2-6-12(13)17/h2-3,6-7,10-11H,4-5,8-9H2,1H3,(H,18,22)(H,19,20)/t10-,11+/m0/s1. The van der Waals surface area contributed by atoms with Gasteiger partial charge in [-0.1, -0.05) is 46.8 Å². The van der Waals surface area contributed by atoms with E-state index in [1.807, 2.05) is 25.1 Å². The van der Waals surface area contributed by atoms with Crippen molar-refractivity contribution in [3.63, 3.8) is 0 Å². The van der Waals surface area contributed by atoms with Gasteiger partial charge in [-0.25, -0.2) is 0 Å². The fourth-order valence-corrected chi connectivity index (χ4v) is 4.47. The molecule has 1 amide bonds. The summed E-state index contributed by atoms with van der Waals surface area (Å²) in [7, 11) is 0. The molecule has 0 aliphatic carbocycles. The van der Waals surface area contributed by atoms with Gasteiger partial charge in [0, 0.05) is 13.2 Å². The number of thioether (sulfide) groups is 1. The number of ether oxygens (including phenoxy) is 1. The highest BCUT2D eigenvalue weighted by Crippen LogP contribution is 2.32. The van der Waals surface area contributed by atoms with E-state index >= 15 is 0 Å². The van der Waals surface area contributed by atoms with Crippen LogP contribution >= 0.6 is 34.7 Å². The SMILES string of the molecule is C[C@H](Sc1nnc(Nc2ccccc2Cl)s1)C(=O)NC[C@H]1CCCO1. The van der Waals surface area contributed by atoms with E-state index in [4.69, 9.17) is 16.3 Å². The van der Waals surface area contributed by atoms with E-state index in [0.717, 1.165) is 29.5 Å². The number of benzene rings is 1. The van der Waals surface area contributed by atoms with Gasteiger partial charge in [0.25, 0.3) is 0 Å². The maximum atomic E-state index is 12.2. The van der Waals surface area contributed by atoms with Crippen molar-refractivity contribution in [1.29, 1.82) is 0 Å². The molecule has 2 N–H and O–H groups in total.